The van der Waals surface area contributed by atoms with Crippen molar-refractivity contribution >= 4 is 16.0 Å². The summed E-state index contributed by atoms with van der Waals surface area (Å²) in [6.07, 6.45) is 1.60. The average Bonchev–Trinajstić information content (AvgIpc) is 2.37. The predicted octanol–water partition coefficient (Wildman–Crippen LogP) is 0.763. The van der Waals surface area contributed by atoms with Crippen LogP contribution >= 0.6 is 0 Å². The number of fused-ring (bicyclic) bond motifs is 1. The van der Waals surface area contributed by atoms with E-state index in [1.165, 1.54) is 19.1 Å². The second kappa shape index (κ2) is 5.18. The minimum absolute atomic E-state index is 0.0600. The summed E-state index contributed by atoms with van der Waals surface area (Å²) in [5, 5.41) is 8.74. The Morgan fingerprint density at radius 2 is 2.21 bits per heavy atom. The Kier molecular flexibility index (Phi) is 3.77. The summed E-state index contributed by atoms with van der Waals surface area (Å²) in [5.74, 6) is -0.527. The van der Waals surface area contributed by atoms with Crippen molar-refractivity contribution < 1.29 is 23.1 Å². The summed E-state index contributed by atoms with van der Waals surface area (Å²) < 4.78 is 31.5. The lowest BCUT2D eigenvalue weighted by molar-refractivity contribution is -0.138. The van der Waals surface area contributed by atoms with Gasteiger partial charge in [0, 0.05) is 0 Å². The summed E-state index contributed by atoms with van der Waals surface area (Å²) >= 11 is 0. The number of nitrogens with one attached hydrogen (secondary N) is 1. The number of carbonyl (C=O) groups is 1. The second-order valence-corrected chi connectivity index (χ2v) is 6.12. The largest absolute Gasteiger partial charge is 0.493 e. The van der Waals surface area contributed by atoms with E-state index in [-0.39, 0.29) is 4.90 Å². The van der Waals surface area contributed by atoms with Crippen molar-refractivity contribution in [1.82, 2.24) is 4.72 Å². The van der Waals surface area contributed by atoms with Crippen LogP contribution < -0.4 is 9.46 Å². The van der Waals surface area contributed by atoms with Crippen LogP contribution in [0.2, 0.25) is 0 Å². The quantitative estimate of drug-likeness (QED) is 0.852. The Bertz CT molecular complexity index is 596. The molecule has 2 rings (SSSR count). The average molecular weight is 285 g/mol. The lowest BCUT2D eigenvalue weighted by atomic mass is 10.1. The fraction of sp³-hybridized carbons (Fsp3) is 0.417. The van der Waals surface area contributed by atoms with Gasteiger partial charge in [-0.05, 0) is 43.5 Å². The monoisotopic (exact) mass is 285 g/mol. The van der Waals surface area contributed by atoms with E-state index in [9.17, 15) is 13.2 Å². The van der Waals surface area contributed by atoms with E-state index in [1.807, 2.05) is 0 Å². The van der Waals surface area contributed by atoms with Crippen LogP contribution in [0.3, 0.4) is 0 Å². The van der Waals surface area contributed by atoms with Gasteiger partial charge in [-0.15, -0.1) is 0 Å². The summed E-state index contributed by atoms with van der Waals surface area (Å²) in [4.78, 5) is 10.8. The van der Waals surface area contributed by atoms with Gasteiger partial charge in [-0.3, -0.25) is 4.79 Å². The molecule has 0 saturated carbocycles. The first-order valence-corrected chi connectivity index (χ1v) is 7.39. The first kappa shape index (κ1) is 13.8. The van der Waals surface area contributed by atoms with Gasteiger partial charge in [-0.2, -0.15) is 4.72 Å². The maximum absolute atomic E-state index is 12.0. The third-order valence-electron chi connectivity index (χ3n) is 2.89. The van der Waals surface area contributed by atoms with E-state index < -0.39 is 22.0 Å². The molecule has 1 aliphatic heterocycles. The molecule has 1 heterocycles. The van der Waals surface area contributed by atoms with Crippen molar-refractivity contribution in [3.63, 3.8) is 0 Å². The molecule has 7 heteroatoms. The van der Waals surface area contributed by atoms with Crippen molar-refractivity contribution in [2.75, 3.05) is 6.61 Å². The summed E-state index contributed by atoms with van der Waals surface area (Å²) in [7, 11) is -3.82. The van der Waals surface area contributed by atoms with Gasteiger partial charge in [0.25, 0.3) is 0 Å². The highest BCUT2D eigenvalue weighted by Crippen LogP contribution is 2.27. The molecule has 2 N–H and O–H groups in total. The number of benzene rings is 1. The highest BCUT2D eigenvalue weighted by molar-refractivity contribution is 7.89. The lowest BCUT2D eigenvalue weighted by Crippen LogP contribution is -2.38. The molecule has 19 heavy (non-hydrogen) atoms. The molecular weight excluding hydrogens is 270 g/mol. The van der Waals surface area contributed by atoms with Gasteiger partial charge in [0.2, 0.25) is 10.0 Å². The molecule has 0 fully saturated rings. The van der Waals surface area contributed by atoms with Gasteiger partial charge in [0.1, 0.15) is 11.8 Å². The molecule has 0 saturated heterocycles. The van der Waals surface area contributed by atoms with E-state index in [4.69, 9.17) is 9.84 Å². The molecule has 1 aromatic rings. The highest BCUT2D eigenvalue weighted by Gasteiger charge is 2.23. The van der Waals surface area contributed by atoms with Gasteiger partial charge in [-0.1, -0.05) is 0 Å². The fourth-order valence-corrected chi connectivity index (χ4v) is 3.10. The van der Waals surface area contributed by atoms with Crippen molar-refractivity contribution in [2.24, 2.45) is 0 Å². The Balaban J connectivity index is 2.28. The normalized spacial score (nSPS) is 16.3. The highest BCUT2D eigenvalue weighted by atomic mass is 32.2. The minimum Gasteiger partial charge on any atom is -0.493 e. The van der Waals surface area contributed by atoms with Crippen LogP contribution in [0.1, 0.15) is 18.9 Å². The Morgan fingerprint density at radius 1 is 1.47 bits per heavy atom. The molecule has 0 aromatic heterocycles. The van der Waals surface area contributed by atoms with Crippen LogP contribution in [-0.2, 0) is 21.2 Å². The molecule has 1 aliphatic rings. The molecule has 104 valence electrons. The number of carboxylic acids is 1. The lowest BCUT2D eigenvalue weighted by Gasteiger charge is -2.18. The fourth-order valence-electron chi connectivity index (χ4n) is 1.86. The van der Waals surface area contributed by atoms with Crippen molar-refractivity contribution in [3.05, 3.63) is 23.8 Å². The third kappa shape index (κ3) is 3.05. The molecule has 6 nitrogen and oxygen atoms in total. The Labute approximate surface area is 111 Å². The number of sulfonamides is 1. The van der Waals surface area contributed by atoms with Crippen LogP contribution in [0.4, 0.5) is 0 Å². The van der Waals surface area contributed by atoms with Gasteiger partial charge in [-0.25, -0.2) is 8.42 Å². The van der Waals surface area contributed by atoms with E-state index >= 15 is 0 Å². The third-order valence-corrected chi connectivity index (χ3v) is 4.43. The topological polar surface area (TPSA) is 92.7 Å². The first-order valence-electron chi connectivity index (χ1n) is 5.91. The maximum Gasteiger partial charge on any atom is 0.321 e. The minimum atomic E-state index is -3.82. The number of aryl methyl sites for hydroxylation is 1. The number of ether oxygens (including phenoxy) is 1. The molecule has 1 aromatic carbocycles. The summed E-state index contributed by atoms with van der Waals surface area (Å²) in [5.41, 5.74) is 0.831. The number of aliphatic carboxylic acids is 1. The van der Waals surface area contributed by atoms with Crippen LogP contribution in [0.15, 0.2) is 23.1 Å². The van der Waals surface area contributed by atoms with E-state index in [0.29, 0.717) is 12.4 Å². The van der Waals surface area contributed by atoms with Gasteiger partial charge in [0.15, 0.2) is 0 Å². The van der Waals surface area contributed by atoms with Crippen LogP contribution in [-0.4, -0.2) is 32.1 Å². The molecular formula is C12H15NO5S. The second-order valence-electron chi connectivity index (χ2n) is 4.40. The number of rotatable bonds is 4. The first-order chi connectivity index (χ1) is 8.90. The molecule has 1 unspecified atom stereocenters. The standard InChI is InChI=1S/C12H15NO5S/c1-8(12(14)15)13-19(16,17)10-4-5-11-9(7-10)3-2-6-18-11/h4-5,7-8,13H,2-3,6H2,1H3,(H,14,15). The molecule has 0 aliphatic carbocycles. The van der Waals surface area contributed by atoms with Crippen molar-refractivity contribution in [2.45, 2.75) is 30.7 Å². The Hall–Kier alpha value is -1.60. The van der Waals surface area contributed by atoms with Crippen molar-refractivity contribution in [1.29, 1.82) is 0 Å². The maximum atomic E-state index is 12.0. The molecule has 0 radical (unpaired) electrons. The van der Waals surface area contributed by atoms with E-state index in [0.717, 1.165) is 18.4 Å². The number of hydrogen-bond acceptors (Lipinski definition) is 4. The molecule has 0 spiro atoms. The smallest absolute Gasteiger partial charge is 0.321 e. The number of carboxylic acid groups (broad SMARTS) is 1. The van der Waals surface area contributed by atoms with Gasteiger partial charge < -0.3 is 9.84 Å². The van der Waals surface area contributed by atoms with Crippen LogP contribution in [0, 0.1) is 0 Å². The van der Waals surface area contributed by atoms with E-state index in [2.05, 4.69) is 4.72 Å². The molecule has 0 amide bonds. The van der Waals surface area contributed by atoms with Gasteiger partial charge >= 0.3 is 5.97 Å². The SMILES string of the molecule is CC(NS(=O)(=O)c1ccc2c(c1)CCCO2)C(=O)O. The molecule has 0 bridgehead atoms. The number of hydrogen-bond donors (Lipinski definition) is 2. The zero-order chi connectivity index (χ0) is 14.0. The van der Waals surface area contributed by atoms with Gasteiger partial charge in [0.05, 0.1) is 11.5 Å². The predicted molar refractivity (Wildman–Crippen MR) is 67.7 cm³/mol. The summed E-state index contributed by atoms with van der Waals surface area (Å²) in [6, 6.07) is 3.39. The summed E-state index contributed by atoms with van der Waals surface area (Å²) in [6.45, 7) is 1.91. The Morgan fingerprint density at radius 3 is 2.89 bits per heavy atom. The zero-order valence-electron chi connectivity index (χ0n) is 10.4. The van der Waals surface area contributed by atoms with Crippen LogP contribution in [0.5, 0.6) is 5.75 Å². The molecule has 1 atom stereocenters. The van der Waals surface area contributed by atoms with Crippen LogP contribution in [0.25, 0.3) is 0 Å². The van der Waals surface area contributed by atoms with E-state index in [1.54, 1.807) is 6.07 Å². The zero-order valence-corrected chi connectivity index (χ0v) is 11.2. The van der Waals surface area contributed by atoms with Crippen molar-refractivity contribution in [3.8, 4) is 5.75 Å².